The molecule has 144 valence electrons. The molecule has 1 aromatic heterocycles. The molecule has 12 heteroatoms. The van der Waals surface area contributed by atoms with Crippen LogP contribution in [-0.4, -0.2) is 60.3 Å². The first-order valence-electron chi connectivity index (χ1n) is 8.51. The van der Waals surface area contributed by atoms with E-state index in [-0.39, 0.29) is 59.6 Å². The summed E-state index contributed by atoms with van der Waals surface area (Å²) in [5.41, 5.74) is 0. The van der Waals surface area contributed by atoms with Gasteiger partial charge in [0.25, 0.3) is 0 Å². The molecule has 10 nitrogen and oxygen atoms in total. The lowest BCUT2D eigenvalue weighted by Gasteiger charge is -2.20. The zero-order valence-corrected chi connectivity index (χ0v) is 16.5. The lowest BCUT2D eigenvalue weighted by Crippen LogP contribution is -2.27. The Hall–Kier alpha value is -2.21. The molecule has 2 saturated heterocycles. The van der Waals surface area contributed by atoms with Gasteiger partial charge in [-0.2, -0.15) is 15.0 Å². The van der Waals surface area contributed by atoms with Crippen molar-refractivity contribution in [2.24, 2.45) is 0 Å². The van der Waals surface area contributed by atoms with E-state index in [0.717, 1.165) is 32.5 Å². The lowest BCUT2D eigenvalue weighted by molar-refractivity contribution is -0.133. The molecule has 0 radical (unpaired) electrons. The summed E-state index contributed by atoms with van der Waals surface area (Å²) in [4.78, 5) is 62.3. The number of nitrogens with zero attached hydrogens (tertiary/aromatic N) is 6. The van der Waals surface area contributed by atoms with E-state index in [0.29, 0.717) is 19.0 Å². The molecule has 0 bridgehead atoms. The van der Waals surface area contributed by atoms with Crippen molar-refractivity contribution in [3.63, 3.8) is 0 Å². The van der Waals surface area contributed by atoms with Gasteiger partial charge in [0.05, 0.1) is 0 Å². The Kier molecular flexibility index (Phi) is 5.95. The SMILES string of the molecule is CCN(CC)c1nc(SN2C(=O)CCC2=O)nc(SN2C(=O)CCC2=O)n1. The van der Waals surface area contributed by atoms with Crippen molar-refractivity contribution < 1.29 is 19.2 Å². The van der Waals surface area contributed by atoms with Crippen LogP contribution in [0.25, 0.3) is 0 Å². The normalized spacial score (nSPS) is 17.4. The van der Waals surface area contributed by atoms with Crippen LogP contribution in [0.2, 0.25) is 0 Å². The number of hydrogen-bond donors (Lipinski definition) is 0. The molecular formula is C15H18N6O4S2. The van der Waals surface area contributed by atoms with Gasteiger partial charge in [0, 0.05) is 62.7 Å². The summed E-state index contributed by atoms with van der Waals surface area (Å²) in [6.45, 7) is 5.15. The lowest BCUT2D eigenvalue weighted by atomic mass is 10.4. The van der Waals surface area contributed by atoms with Crippen molar-refractivity contribution in [2.75, 3.05) is 18.0 Å². The smallest absolute Gasteiger partial charge is 0.240 e. The first-order valence-corrected chi connectivity index (χ1v) is 10.1. The van der Waals surface area contributed by atoms with Crippen molar-refractivity contribution >= 4 is 53.5 Å². The molecule has 0 atom stereocenters. The maximum Gasteiger partial charge on any atom is 0.240 e. The number of amides is 4. The molecule has 0 saturated carbocycles. The first kappa shape index (κ1) is 19.5. The van der Waals surface area contributed by atoms with Crippen LogP contribution in [0, 0.1) is 0 Å². The van der Waals surface area contributed by atoms with E-state index in [1.54, 1.807) is 0 Å². The van der Waals surface area contributed by atoms with E-state index < -0.39 is 0 Å². The van der Waals surface area contributed by atoms with Gasteiger partial charge in [0.1, 0.15) is 0 Å². The van der Waals surface area contributed by atoms with Gasteiger partial charge in [-0.3, -0.25) is 19.2 Å². The number of carbonyl (C=O) groups excluding carboxylic acids is 4. The zero-order valence-electron chi connectivity index (χ0n) is 14.9. The van der Waals surface area contributed by atoms with Gasteiger partial charge in [-0.05, 0) is 13.8 Å². The molecule has 4 amide bonds. The third-order valence-corrected chi connectivity index (χ3v) is 5.86. The molecule has 1 aromatic rings. The molecule has 2 fully saturated rings. The van der Waals surface area contributed by atoms with Gasteiger partial charge in [0.15, 0.2) is 0 Å². The molecular weight excluding hydrogens is 392 g/mol. The van der Waals surface area contributed by atoms with E-state index in [4.69, 9.17) is 0 Å². The molecule has 0 aliphatic carbocycles. The first-order chi connectivity index (χ1) is 12.9. The summed E-state index contributed by atoms with van der Waals surface area (Å²) in [5, 5.41) is 0.328. The Balaban J connectivity index is 1.91. The Morgan fingerprint density at radius 2 is 1.11 bits per heavy atom. The number of aromatic nitrogens is 3. The van der Waals surface area contributed by atoms with Gasteiger partial charge in [0.2, 0.25) is 39.9 Å². The van der Waals surface area contributed by atoms with Crippen molar-refractivity contribution in [2.45, 2.75) is 49.8 Å². The second-order valence-corrected chi connectivity index (χ2v) is 7.54. The highest BCUT2D eigenvalue weighted by atomic mass is 32.2. The topological polar surface area (TPSA) is 117 Å². The fourth-order valence-corrected chi connectivity index (χ4v) is 4.19. The van der Waals surface area contributed by atoms with Crippen LogP contribution in [0.4, 0.5) is 5.95 Å². The quantitative estimate of drug-likeness (QED) is 0.476. The zero-order chi connectivity index (χ0) is 19.6. The van der Waals surface area contributed by atoms with Crippen LogP contribution in [0.5, 0.6) is 0 Å². The molecule has 0 N–H and O–H groups in total. The third-order valence-electron chi connectivity index (χ3n) is 3.99. The summed E-state index contributed by atoms with van der Waals surface area (Å²) in [6, 6.07) is 0. The maximum atomic E-state index is 11.9. The number of imide groups is 2. The second-order valence-electron chi connectivity index (χ2n) is 5.72. The van der Waals surface area contributed by atoms with E-state index >= 15 is 0 Å². The van der Waals surface area contributed by atoms with Crippen LogP contribution in [0.1, 0.15) is 39.5 Å². The fourth-order valence-electron chi connectivity index (χ4n) is 2.54. The number of carbonyl (C=O) groups is 4. The van der Waals surface area contributed by atoms with Crippen LogP contribution in [0.3, 0.4) is 0 Å². The summed E-state index contributed by atoms with van der Waals surface area (Å²) < 4.78 is 2.09. The molecule has 3 heterocycles. The maximum absolute atomic E-state index is 11.9. The third kappa shape index (κ3) is 4.21. The molecule has 2 aliphatic heterocycles. The minimum absolute atomic E-state index is 0.164. The highest BCUT2D eigenvalue weighted by Gasteiger charge is 2.33. The van der Waals surface area contributed by atoms with Crippen molar-refractivity contribution in [3.8, 4) is 0 Å². The number of anilines is 1. The standard InChI is InChI=1S/C15H18N6O4S2/c1-3-19(4-2)13-16-14(26-20-9(22)5-6-10(20)23)18-15(17-13)27-21-11(24)7-8-12(21)25/h3-8H2,1-2H3. The van der Waals surface area contributed by atoms with Crippen LogP contribution in [-0.2, 0) is 19.2 Å². The molecule has 3 rings (SSSR count). The van der Waals surface area contributed by atoms with E-state index in [9.17, 15) is 19.2 Å². The van der Waals surface area contributed by atoms with Crippen molar-refractivity contribution in [1.29, 1.82) is 0 Å². The Bertz CT molecular complexity index is 712. The highest BCUT2D eigenvalue weighted by molar-refractivity contribution is 7.98. The van der Waals surface area contributed by atoms with E-state index in [1.807, 2.05) is 18.7 Å². The summed E-state index contributed by atoms with van der Waals surface area (Å²) in [5.74, 6) is -0.830. The van der Waals surface area contributed by atoms with Crippen molar-refractivity contribution in [3.05, 3.63) is 0 Å². The van der Waals surface area contributed by atoms with Crippen LogP contribution in [0.15, 0.2) is 10.3 Å². The Morgan fingerprint density at radius 1 is 0.741 bits per heavy atom. The Labute approximate surface area is 164 Å². The number of hydrogen-bond acceptors (Lipinski definition) is 10. The summed E-state index contributed by atoms with van der Waals surface area (Å²) in [7, 11) is 0. The van der Waals surface area contributed by atoms with Gasteiger partial charge < -0.3 is 4.90 Å². The van der Waals surface area contributed by atoms with E-state index in [1.165, 1.54) is 0 Å². The monoisotopic (exact) mass is 410 g/mol. The summed E-state index contributed by atoms with van der Waals surface area (Å²) in [6.07, 6.45) is 0.660. The Morgan fingerprint density at radius 3 is 1.44 bits per heavy atom. The molecule has 0 spiro atoms. The van der Waals surface area contributed by atoms with Gasteiger partial charge in [-0.15, -0.1) is 0 Å². The predicted octanol–water partition coefficient (Wildman–Crippen LogP) is 1.03. The minimum Gasteiger partial charge on any atom is -0.341 e. The predicted molar refractivity (Wildman–Crippen MR) is 97.3 cm³/mol. The van der Waals surface area contributed by atoms with Crippen LogP contribution >= 0.6 is 23.9 Å². The molecule has 0 unspecified atom stereocenters. The minimum atomic E-state index is -0.297. The van der Waals surface area contributed by atoms with Crippen LogP contribution < -0.4 is 4.90 Å². The van der Waals surface area contributed by atoms with Crippen molar-refractivity contribution in [1.82, 2.24) is 23.6 Å². The fraction of sp³-hybridized carbons (Fsp3) is 0.533. The van der Waals surface area contributed by atoms with Gasteiger partial charge in [-0.1, -0.05) is 0 Å². The molecule has 2 aliphatic rings. The van der Waals surface area contributed by atoms with Gasteiger partial charge in [-0.25, -0.2) is 8.61 Å². The average Bonchev–Trinajstić information content (AvgIpc) is 3.13. The average molecular weight is 410 g/mol. The largest absolute Gasteiger partial charge is 0.341 e. The van der Waals surface area contributed by atoms with Gasteiger partial charge >= 0.3 is 0 Å². The molecule has 27 heavy (non-hydrogen) atoms. The second kappa shape index (κ2) is 8.21. The number of rotatable bonds is 7. The summed E-state index contributed by atoms with van der Waals surface area (Å²) >= 11 is 1.67. The highest BCUT2D eigenvalue weighted by Crippen LogP contribution is 2.31. The molecule has 0 aromatic carbocycles. The van der Waals surface area contributed by atoms with E-state index in [2.05, 4.69) is 15.0 Å².